The largest absolute Gasteiger partial charge is 0.487 e. The fourth-order valence-electron chi connectivity index (χ4n) is 2.07. The van der Waals surface area contributed by atoms with Gasteiger partial charge in [-0.05, 0) is 44.3 Å². The summed E-state index contributed by atoms with van der Waals surface area (Å²) in [4.78, 5) is 12.1. The molecule has 0 spiro atoms. The first-order valence-corrected chi connectivity index (χ1v) is 6.84. The van der Waals surface area contributed by atoms with Gasteiger partial charge in [0.15, 0.2) is 10.9 Å². The van der Waals surface area contributed by atoms with Gasteiger partial charge in [-0.25, -0.2) is 0 Å². The van der Waals surface area contributed by atoms with Crippen LogP contribution in [0.3, 0.4) is 0 Å². The Hall–Kier alpha value is -1.88. The minimum absolute atomic E-state index is 0.0878. The van der Waals surface area contributed by atoms with Gasteiger partial charge in [-0.1, -0.05) is 6.08 Å². The molecule has 0 unspecified atom stereocenters. The summed E-state index contributed by atoms with van der Waals surface area (Å²) in [6.07, 6.45) is 2.10. The van der Waals surface area contributed by atoms with Gasteiger partial charge in [0.2, 0.25) is 0 Å². The first kappa shape index (κ1) is 14.5. The van der Waals surface area contributed by atoms with E-state index >= 15 is 0 Å². The lowest BCUT2D eigenvalue weighted by molar-refractivity contribution is 0.0620. The van der Waals surface area contributed by atoms with Crippen molar-refractivity contribution >= 4 is 28.8 Å². The monoisotopic (exact) mass is 290 g/mol. The zero-order valence-corrected chi connectivity index (χ0v) is 12.5. The highest BCUT2D eigenvalue weighted by Gasteiger charge is 2.32. The van der Waals surface area contributed by atoms with E-state index in [1.54, 1.807) is 18.2 Å². The maximum Gasteiger partial charge on any atom is 0.171 e. The molecule has 0 amide bonds. The van der Waals surface area contributed by atoms with Crippen molar-refractivity contribution in [3.05, 3.63) is 36.4 Å². The van der Waals surface area contributed by atoms with Crippen molar-refractivity contribution in [3.8, 4) is 5.75 Å². The van der Waals surface area contributed by atoms with Crippen molar-refractivity contribution < 1.29 is 9.53 Å². The third kappa shape index (κ3) is 3.36. The molecule has 0 aliphatic carbocycles. The van der Waals surface area contributed by atoms with Gasteiger partial charge in [0.25, 0.3) is 0 Å². The van der Waals surface area contributed by atoms with Crippen molar-refractivity contribution in [2.24, 2.45) is 0 Å². The van der Waals surface area contributed by atoms with Crippen LogP contribution in [0.2, 0.25) is 0 Å². The Kier molecular flexibility index (Phi) is 4.09. The zero-order chi connectivity index (χ0) is 14.8. The first-order valence-electron chi connectivity index (χ1n) is 6.43. The predicted octanol–water partition coefficient (Wildman–Crippen LogP) is 2.90. The van der Waals surface area contributed by atoms with Gasteiger partial charge >= 0.3 is 0 Å². The molecule has 1 aliphatic rings. The van der Waals surface area contributed by atoms with E-state index in [4.69, 9.17) is 17.0 Å². The molecule has 1 aromatic carbocycles. The minimum Gasteiger partial charge on any atom is -0.487 e. The van der Waals surface area contributed by atoms with Crippen LogP contribution in [-0.4, -0.2) is 23.0 Å². The maximum atomic E-state index is 12.1. The molecule has 0 saturated heterocycles. The summed E-state index contributed by atoms with van der Waals surface area (Å²) in [6.45, 7) is 8.02. The molecule has 2 rings (SSSR count). The number of fused-ring (bicyclic) bond motifs is 1. The molecule has 0 radical (unpaired) electrons. The zero-order valence-electron chi connectivity index (χ0n) is 11.7. The van der Waals surface area contributed by atoms with Crippen LogP contribution < -0.4 is 15.4 Å². The minimum atomic E-state index is -0.445. The Morgan fingerprint density at radius 1 is 1.55 bits per heavy atom. The van der Waals surface area contributed by atoms with E-state index in [-0.39, 0.29) is 5.78 Å². The SMILES string of the molecule is C=CCNC(=S)Nc1ccc2c(c1)C(=O)CC(C)(C)O2. The number of ketones is 1. The van der Waals surface area contributed by atoms with Crippen molar-refractivity contribution in [2.45, 2.75) is 25.9 Å². The van der Waals surface area contributed by atoms with Crippen molar-refractivity contribution in [1.29, 1.82) is 0 Å². The third-order valence-corrected chi connectivity index (χ3v) is 3.16. The number of carbonyl (C=O) groups is 1. The van der Waals surface area contributed by atoms with Crippen molar-refractivity contribution in [1.82, 2.24) is 5.32 Å². The second kappa shape index (κ2) is 5.63. The molecule has 1 aromatic rings. The average molecular weight is 290 g/mol. The van der Waals surface area contributed by atoms with Gasteiger partial charge in [-0.3, -0.25) is 4.79 Å². The fraction of sp³-hybridized carbons (Fsp3) is 0.333. The van der Waals surface area contributed by atoms with Gasteiger partial charge in [0.05, 0.1) is 12.0 Å². The molecule has 1 heterocycles. The number of benzene rings is 1. The Balaban J connectivity index is 2.16. The van der Waals surface area contributed by atoms with E-state index in [9.17, 15) is 4.79 Å². The molecular weight excluding hydrogens is 272 g/mol. The van der Waals surface area contributed by atoms with Gasteiger partial charge in [0.1, 0.15) is 11.4 Å². The van der Waals surface area contributed by atoms with E-state index < -0.39 is 5.60 Å². The smallest absolute Gasteiger partial charge is 0.171 e. The van der Waals surface area contributed by atoms with Crippen LogP contribution in [0.15, 0.2) is 30.9 Å². The number of Topliss-reactive ketones (excluding diaryl/α,β-unsaturated/α-hetero) is 1. The van der Waals surface area contributed by atoms with E-state index in [1.807, 2.05) is 19.9 Å². The highest BCUT2D eigenvalue weighted by Crippen LogP contribution is 2.34. The highest BCUT2D eigenvalue weighted by molar-refractivity contribution is 7.80. The van der Waals surface area contributed by atoms with Crippen LogP contribution in [0.1, 0.15) is 30.6 Å². The maximum absolute atomic E-state index is 12.1. The molecule has 20 heavy (non-hydrogen) atoms. The Morgan fingerprint density at radius 3 is 3.00 bits per heavy atom. The number of hydrogen-bond donors (Lipinski definition) is 2. The summed E-state index contributed by atoms with van der Waals surface area (Å²) in [6, 6.07) is 5.41. The topological polar surface area (TPSA) is 50.4 Å². The number of rotatable bonds is 3. The molecule has 0 fully saturated rings. The molecule has 1 aliphatic heterocycles. The van der Waals surface area contributed by atoms with Crippen LogP contribution >= 0.6 is 12.2 Å². The molecule has 0 bridgehead atoms. The standard InChI is InChI=1S/C15H18N2O2S/c1-4-7-16-14(20)17-10-5-6-13-11(8-10)12(18)9-15(2,3)19-13/h4-6,8H,1,7,9H2,2-3H3,(H2,16,17,20). The fourth-order valence-corrected chi connectivity index (χ4v) is 2.27. The van der Waals surface area contributed by atoms with Crippen molar-refractivity contribution in [2.75, 3.05) is 11.9 Å². The first-order chi connectivity index (χ1) is 9.41. The Labute approximate surface area is 124 Å². The molecule has 2 N–H and O–H groups in total. The number of nitrogens with one attached hydrogen (secondary N) is 2. The van der Waals surface area contributed by atoms with Gasteiger partial charge < -0.3 is 15.4 Å². The summed E-state index contributed by atoms with van der Waals surface area (Å²) in [5.41, 5.74) is 0.919. The third-order valence-electron chi connectivity index (χ3n) is 2.92. The Bertz CT molecular complexity index is 567. The second-order valence-electron chi connectivity index (χ2n) is 5.30. The molecular formula is C15H18N2O2S. The Morgan fingerprint density at radius 2 is 2.30 bits per heavy atom. The number of hydrogen-bond acceptors (Lipinski definition) is 3. The number of carbonyl (C=O) groups excluding carboxylic acids is 1. The molecule has 0 atom stereocenters. The molecule has 5 heteroatoms. The van der Waals surface area contributed by atoms with Gasteiger partial charge in [0, 0.05) is 12.2 Å². The summed E-state index contributed by atoms with van der Waals surface area (Å²) < 4.78 is 5.80. The van der Waals surface area contributed by atoms with Crippen LogP contribution in [0, 0.1) is 0 Å². The number of anilines is 1. The number of thiocarbonyl (C=S) groups is 1. The second-order valence-corrected chi connectivity index (χ2v) is 5.70. The van der Waals surface area contributed by atoms with E-state index in [0.29, 0.717) is 29.4 Å². The normalized spacial score (nSPS) is 15.8. The lowest BCUT2D eigenvalue weighted by Crippen LogP contribution is -2.36. The van der Waals surface area contributed by atoms with E-state index in [2.05, 4.69) is 17.2 Å². The molecule has 4 nitrogen and oxygen atoms in total. The lowest BCUT2D eigenvalue weighted by atomic mass is 9.93. The quantitative estimate of drug-likeness (QED) is 0.662. The molecule has 106 valence electrons. The molecule has 0 aromatic heterocycles. The molecule has 0 saturated carbocycles. The van der Waals surface area contributed by atoms with Crippen LogP contribution in [0.4, 0.5) is 5.69 Å². The van der Waals surface area contributed by atoms with E-state index in [1.165, 1.54) is 0 Å². The van der Waals surface area contributed by atoms with Crippen molar-refractivity contribution in [3.63, 3.8) is 0 Å². The summed E-state index contributed by atoms with van der Waals surface area (Å²) in [7, 11) is 0. The van der Waals surface area contributed by atoms with Gasteiger partial charge in [-0.15, -0.1) is 6.58 Å². The van der Waals surface area contributed by atoms with Gasteiger partial charge in [-0.2, -0.15) is 0 Å². The summed E-state index contributed by atoms with van der Waals surface area (Å²) in [5.74, 6) is 0.714. The van der Waals surface area contributed by atoms with Crippen LogP contribution in [0.5, 0.6) is 5.75 Å². The average Bonchev–Trinajstić information content (AvgIpc) is 2.36. The highest BCUT2D eigenvalue weighted by atomic mass is 32.1. The van der Waals surface area contributed by atoms with Crippen LogP contribution in [0.25, 0.3) is 0 Å². The summed E-state index contributed by atoms with van der Waals surface area (Å²) >= 11 is 5.14. The summed E-state index contributed by atoms with van der Waals surface area (Å²) in [5, 5.41) is 6.50. The predicted molar refractivity (Wildman–Crippen MR) is 84.5 cm³/mol. The lowest BCUT2D eigenvalue weighted by Gasteiger charge is -2.31. The van der Waals surface area contributed by atoms with Crippen LogP contribution in [-0.2, 0) is 0 Å². The van der Waals surface area contributed by atoms with E-state index in [0.717, 1.165) is 5.69 Å². The number of ether oxygens (including phenoxy) is 1.